The molecule has 2 nitrogen and oxygen atoms in total. The minimum absolute atomic E-state index is 0.131. The highest BCUT2D eigenvalue weighted by molar-refractivity contribution is 5.80. The SMILES string of the molecule is C(=N[C@H](c1ccccc1)[C@@H](N=Cc1ccccc1)c1ccccc1)c1ccccc1. The maximum atomic E-state index is 5.01. The van der Waals surface area contributed by atoms with E-state index in [4.69, 9.17) is 9.98 Å². The fourth-order valence-corrected chi connectivity index (χ4v) is 3.41. The molecule has 0 aliphatic carbocycles. The Kier molecular flexibility index (Phi) is 6.59. The molecule has 30 heavy (non-hydrogen) atoms. The van der Waals surface area contributed by atoms with Crippen LogP contribution in [-0.2, 0) is 0 Å². The normalized spacial score (nSPS) is 13.5. The molecule has 0 aliphatic rings. The summed E-state index contributed by atoms with van der Waals surface area (Å²) < 4.78 is 0. The molecule has 2 heteroatoms. The molecule has 4 aromatic rings. The van der Waals surface area contributed by atoms with Crippen LogP contribution in [0.5, 0.6) is 0 Å². The Bertz CT molecular complexity index is 982. The molecule has 2 atom stereocenters. The van der Waals surface area contributed by atoms with E-state index in [0.29, 0.717) is 0 Å². The van der Waals surface area contributed by atoms with Gasteiger partial charge in [-0.1, -0.05) is 121 Å². The quantitative estimate of drug-likeness (QED) is 0.314. The van der Waals surface area contributed by atoms with Crippen molar-refractivity contribution in [1.82, 2.24) is 0 Å². The molecular formula is C28H24N2. The van der Waals surface area contributed by atoms with E-state index in [-0.39, 0.29) is 12.1 Å². The van der Waals surface area contributed by atoms with Crippen LogP contribution in [0.2, 0.25) is 0 Å². The van der Waals surface area contributed by atoms with Crippen molar-refractivity contribution in [1.29, 1.82) is 0 Å². The number of benzene rings is 4. The molecule has 0 bridgehead atoms. The van der Waals surface area contributed by atoms with Crippen LogP contribution in [0.4, 0.5) is 0 Å². The lowest BCUT2D eigenvalue weighted by Gasteiger charge is -2.22. The molecule has 0 amide bonds. The number of rotatable bonds is 7. The molecule has 0 saturated carbocycles. The summed E-state index contributed by atoms with van der Waals surface area (Å²) in [6, 6.07) is 41.0. The lowest BCUT2D eigenvalue weighted by atomic mass is 9.94. The van der Waals surface area contributed by atoms with E-state index in [2.05, 4.69) is 72.8 Å². The third kappa shape index (κ3) is 5.18. The Balaban J connectivity index is 1.76. The standard InChI is InChI=1S/C28H24N2/c1-5-13-23(14-6-1)21-29-27(25-17-9-3-10-18-25)28(26-19-11-4-12-20-26)30-22-24-15-7-2-8-16-24/h1-22,27-28H/t27-,28+. The summed E-state index contributed by atoms with van der Waals surface area (Å²) in [5, 5.41) is 0. The summed E-state index contributed by atoms with van der Waals surface area (Å²) in [4.78, 5) is 10.0. The van der Waals surface area contributed by atoms with Crippen molar-refractivity contribution in [2.24, 2.45) is 9.98 Å². The van der Waals surface area contributed by atoms with E-state index >= 15 is 0 Å². The predicted octanol–water partition coefficient (Wildman–Crippen LogP) is 6.71. The maximum Gasteiger partial charge on any atom is 0.101 e. The van der Waals surface area contributed by atoms with Crippen LogP contribution in [0.3, 0.4) is 0 Å². The summed E-state index contributed by atoms with van der Waals surface area (Å²) in [5.41, 5.74) is 4.45. The lowest BCUT2D eigenvalue weighted by molar-refractivity contribution is 0.583. The second-order valence-corrected chi connectivity index (χ2v) is 7.09. The van der Waals surface area contributed by atoms with Gasteiger partial charge in [0.1, 0.15) is 12.1 Å². The fraction of sp³-hybridized carbons (Fsp3) is 0.0714. The fourth-order valence-electron chi connectivity index (χ4n) is 3.41. The average Bonchev–Trinajstić information content (AvgIpc) is 2.83. The number of hydrogen-bond acceptors (Lipinski definition) is 2. The Morgan fingerprint density at radius 3 is 1.03 bits per heavy atom. The molecule has 0 heterocycles. The minimum atomic E-state index is -0.131. The van der Waals surface area contributed by atoms with E-state index < -0.39 is 0 Å². The van der Waals surface area contributed by atoms with Gasteiger partial charge >= 0.3 is 0 Å². The molecule has 0 N–H and O–H groups in total. The lowest BCUT2D eigenvalue weighted by Crippen LogP contribution is -2.09. The highest BCUT2D eigenvalue weighted by atomic mass is 14.9. The van der Waals surface area contributed by atoms with Crippen LogP contribution in [0, 0.1) is 0 Å². The third-order valence-electron chi connectivity index (χ3n) is 4.95. The summed E-state index contributed by atoms with van der Waals surface area (Å²) in [6.07, 6.45) is 3.90. The summed E-state index contributed by atoms with van der Waals surface area (Å²) in [7, 11) is 0. The van der Waals surface area contributed by atoms with Crippen molar-refractivity contribution in [3.8, 4) is 0 Å². The van der Waals surface area contributed by atoms with Crippen molar-refractivity contribution in [2.45, 2.75) is 12.1 Å². The van der Waals surface area contributed by atoms with E-state index in [1.807, 2.05) is 61.0 Å². The van der Waals surface area contributed by atoms with Crippen molar-refractivity contribution in [2.75, 3.05) is 0 Å². The van der Waals surface area contributed by atoms with Gasteiger partial charge in [0.05, 0.1) is 0 Å². The first-order valence-electron chi connectivity index (χ1n) is 10.2. The molecule has 0 fully saturated rings. The van der Waals surface area contributed by atoms with E-state index in [9.17, 15) is 0 Å². The molecule has 0 spiro atoms. The Labute approximate surface area is 178 Å². The van der Waals surface area contributed by atoms with Gasteiger partial charge < -0.3 is 0 Å². The van der Waals surface area contributed by atoms with Gasteiger partial charge in [0.15, 0.2) is 0 Å². The molecule has 0 unspecified atom stereocenters. The van der Waals surface area contributed by atoms with Crippen molar-refractivity contribution in [3.63, 3.8) is 0 Å². The predicted molar refractivity (Wildman–Crippen MR) is 126 cm³/mol. The number of hydrogen-bond donors (Lipinski definition) is 0. The smallest absolute Gasteiger partial charge is 0.101 e. The Morgan fingerprint density at radius 1 is 0.400 bits per heavy atom. The second kappa shape index (κ2) is 10.1. The van der Waals surface area contributed by atoms with Gasteiger partial charge in [0, 0.05) is 12.4 Å². The third-order valence-corrected chi connectivity index (χ3v) is 4.95. The Morgan fingerprint density at radius 2 is 0.700 bits per heavy atom. The van der Waals surface area contributed by atoms with Gasteiger partial charge in [-0.25, -0.2) is 0 Å². The van der Waals surface area contributed by atoms with Crippen LogP contribution >= 0.6 is 0 Å². The molecular weight excluding hydrogens is 364 g/mol. The average molecular weight is 389 g/mol. The van der Waals surface area contributed by atoms with Crippen LogP contribution in [0.1, 0.15) is 34.3 Å². The molecule has 4 rings (SSSR count). The molecule has 0 saturated heterocycles. The first-order chi connectivity index (χ1) is 14.9. The van der Waals surface area contributed by atoms with E-state index in [1.165, 1.54) is 0 Å². The second-order valence-electron chi connectivity index (χ2n) is 7.09. The first kappa shape index (κ1) is 19.5. The molecule has 0 aromatic heterocycles. The topological polar surface area (TPSA) is 24.7 Å². The maximum absolute atomic E-state index is 5.01. The van der Waals surface area contributed by atoms with Gasteiger partial charge in [-0.2, -0.15) is 0 Å². The highest BCUT2D eigenvalue weighted by Crippen LogP contribution is 2.35. The van der Waals surface area contributed by atoms with Crippen LogP contribution < -0.4 is 0 Å². The van der Waals surface area contributed by atoms with Gasteiger partial charge in [0.2, 0.25) is 0 Å². The van der Waals surface area contributed by atoms with E-state index in [0.717, 1.165) is 22.3 Å². The zero-order valence-corrected chi connectivity index (χ0v) is 16.8. The largest absolute Gasteiger partial charge is 0.282 e. The van der Waals surface area contributed by atoms with Gasteiger partial charge in [-0.05, 0) is 22.3 Å². The monoisotopic (exact) mass is 388 g/mol. The Hall–Kier alpha value is -3.78. The minimum Gasteiger partial charge on any atom is -0.282 e. The molecule has 0 radical (unpaired) electrons. The van der Waals surface area contributed by atoms with Gasteiger partial charge in [-0.3, -0.25) is 9.98 Å². The van der Waals surface area contributed by atoms with Crippen molar-refractivity contribution >= 4 is 12.4 Å². The van der Waals surface area contributed by atoms with E-state index in [1.54, 1.807) is 0 Å². The number of nitrogens with zero attached hydrogens (tertiary/aromatic N) is 2. The van der Waals surface area contributed by atoms with Gasteiger partial charge in [0.25, 0.3) is 0 Å². The van der Waals surface area contributed by atoms with Crippen molar-refractivity contribution in [3.05, 3.63) is 144 Å². The zero-order valence-electron chi connectivity index (χ0n) is 16.8. The summed E-state index contributed by atoms with van der Waals surface area (Å²) in [6.45, 7) is 0. The zero-order chi connectivity index (χ0) is 20.4. The van der Waals surface area contributed by atoms with Crippen LogP contribution in [0.25, 0.3) is 0 Å². The summed E-state index contributed by atoms with van der Waals surface area (Å²) >= 11 is 0. The number of aliphatic imine (C=N–C) groups is 2. The van der Waals surface area contributed by atoms with Crippen molar-refractivity contribution < 1.29 is 0 Å². The molecule has 0 aliphatic heterocycles. The molecule has 4 aromatic carbocycles. The molecule has 146 valence electrons. The van der Waals surface area contributed by atoms with Gasteiger partial charge in [-0.15, -0.1) is 0 Å². The van der Waals surface area contributed by atoms with Crippen LogP contribution in [0.15, 0.2) is 131 Å². The summed E-state index contributed by atoms with van der Waals surface area (Å²) in [5.74, 6) is 0. The first-order valence-corrected chi connectivity index (χ1v) is 10.2. The highest BCUT2D eigenvalue weighted by Gasteiger charge is 2.23. The van der Waals surface area contributed by atoms with Crippen LogP contribution in [-0.4, -0.2) is 12.4 Å².